The molecule has 0 spiro atoms. The number of pyridine rings is 1. The third-order valence-electron chi connectivity index (χ3n) is 9.84. The van der Waals surface area contributed by atoms with Gasteiger partial charge in [0.05, 0.1) is 43.7 Å². The second-order valence-electron chi connectivity index (χ2n) is 13.0. The predicted octanol–water partition coefficient (Wildman–Crippen LogP) is 4.62. The van der Waals surface area contributed by atoms with Gasteiger partial charge in [-0.25, -0.2) is 9.18 Å². The Labute approximate surface area is 286 Å². The fourth-order valence-electron chi connectivity index (χ4n) is 6.93. The van der Waals surface area contributed by atoms with Crippen LogP contribution >= 0.6 is 0 Å². The number of amides is 1. The van der Waals surface area contributed by atoms with Crippen molar-refractivity contribution in [2.24, 2.45) is 7.05 Å². The number of benzene rings is 2. The van der Waals surface area contributed by atoms with Crippen molar-refractivity contribution in [3.8, 4) is 16.9 Å². The van der Waals surface area contributed by atoms with Crippen LogP contribution in [0.25, 0.3) is 11.1 Å². The lowest BCUT2D eigenvalue weighted by Crippen LogP contribution is -2.53. The molecular formula is C36H40F4N4O6. The Morgan fingerprint density at radius 3 is 2.50 bits per heavy atom. The Balaban J connectivity index is 1.31. The fraction of sp³-hybridized carbons (Fsp3) is 0.472. The van der Waals surface area contributed by atoms with Crippen LogP contribution in [0.5, 0.6) is 5.75 Å². The molecule has 0 bridgehead atoms. The summed E-state index contributed by atoms with van der Waals surface area (Å²) in [5.41, 5.74) is 3.86. The van der Waals surface area contributed by atoms with Crippen LogP contribution in [0.1, 0.15) is 45.6 Å². The number of hydrogen-bond acceptors (Lipinski definition) is 8. The highest BCUT2D eigenvalue weighted by Gasteiger charge is 2.46. The molecule has 50 heavy (non-hydrogen) atoms. The summed E-state index contributed by atoms with van der Waals surface area (Å²) in [7, 11) is 2.90. The number of anilines is 2. The van der Waals surface area contributed by atoms with Crippen molar-refractivity contribution in [2.75, 3.05) is 56.4 Å². The van der Waals surface area contributed by atoms with Crippen molar-refractivity contribution in [2.45, 2.75) is 57.8 Å². The van der Waals surface area contributed by atoms with Gasteiger partial charge in [-0.05, 0) is 68.0 Å². The number of carbonyl (C=O) groups excluding carboxylic acids is 2. The first kappa shape index (κ1) is 35.2. The van der Waals surface area contributed by atoms with Crippen LogP contribution in [-0.4, -0.2) is 81.3 Å². The molecule has 3 aliphatic heterocycles. The van der Waals surface area contributed by atoms with Gasteiger partial charge in [0.25, 0.3) is 11.5 Å². The van der Waals surface area contributed by atoms with Crippen LogP contribution < -0.4 is 25.4 Å². The standard InChI is InChI=1S/C36H40F4N4O6/c1-20-15-23(44-12-14-49-19-29(44)36(38,39)40)18-26(37)30(20)33(45)41-27(35(47)48-4)17-22-8-9-25(32-24(22)7-5-13-50-32)31-28(43-10-6-11-43)16-21(2)42(3)34(31)46/h8-9,15-16,18,27,29H,5-7,10-14,17,19H2,1-4H3,(H,41,45)/t27-,29+/m0/s1. The molecule has 6 rings (SSSR count). The number of aryl methyl sites for hydroxylation is 2. The van der Waals surface area contributed by atoms with Gasteiger partial charge in [0.1, 0.15) is 23.7 Å². The van der Waals surface area contributed by atoms with Crippen molar-refractivity contribution >= 4 is 23.3 Å². The highest BCUT2D eigenvalue weighted by molar-refractivity contribution is 5.98. The second-order valence-corrected chi connectivity index (χ2v) is 13.0. The number of nitrogens with one attached hydrogen (secondary N) is 1. The normalized spacial score (nSPS) is 18.1. The summed E-state index contributed by atoms with van der Waals surface area (Å²) < 4.78 is 74.5. The van der Waals surface area contributed by atoms with Gasteiger partial charge in [0, 0.05) is 50.0 Å². The van der Waals surface area contributed by atoms with Gasteiger partial charge in [0.2, 0.25) is 0 Å². The van der Waals surface area contributed by atoms with Gasteiger partial charge in [-0.15, -0.1) is 0 Å². The lowest BCUT2D eigenvalue weighted by molar-refractivity contribution is -0.167. The maximum Gasteiger partial charge on any atom is 0.411 e. The van der Waals surface area contributed by atoms with E-state index in [1.165, 1.54) is 20.1 Å². The van der Waals surface area contributed by atoms with Gasteiger partial charge in [0.15, 0.2) is 0 Å². The molecule has 4 heterocycles. The van der Waals surface area contributed by atoms with E-state index < -0.39 is 48.1 Å². The Kier molecular flexibility index (Phi) is 9.84. The molecule has 0 unspecified atom stereocenters. The minimum absolute atomic E-state index is 0.0188. The minimum atomic E-state index is -4.61. The summed E-state index contributed by atoms with van der Waals surface area (Å²) in [6.07, 6.45) is -2.31. The molecular weight excluding hydrogens is 660 g/mol. The largest absolute Gasteiger partial charge is 0.493 e. The fourth-order valence-corrected chi connectivity index (χ4v) is 6.93. The molecule has 2 atom stereocenters. The molecule has 1 N–H and O–H groups in total. The van der Waals surface area contributed by atoms with Crippen LogP contribution in [-0.2, 0) is 34.2 Å². The molecule has 0 saturated carbocycles. The Bertz CT molecular complexity index is 1850. The predicted molar refractivity (Wildman–Crippen MR) is 179 cm³/mol. The van der Waals surface area contributed by atoms with Crippen LogP contribution in [0.3, 0.4) is 0 Å². The Hall–Kier alpha value is -4.59. The summed E-state index contributed by atoms with van der Waals surface area (Å²) in [6.45, 7) is 4.76. The number of rotatable bonds is 8. The minimum Gasteiger partial charge on any atom is -0.493 e. The number of esters is 1. The van der Waals surface area contributed by atoms with Crippen molar-refractivity contribution in [3.05, 3.63) is 74.5 Å². The van der Waals surface area contributed by atoms with E-state index >= 15 is 4.39 Å². The molecule has 14 heteroatoms. The zero-order valence-electron chi connectivity index (χ0n) is 28.4. The zero-order chi connectivity index (χ0) is 35.9. The van der Waals surface area contributed by atoms with E-state index in [0.29, 0.717) is 41.9 Å². The summed E-state index contributed by atoms with van der Waals surface area (Å²) in [5, 5.41) is 2.59. The average molecular weight is 701 g/mol. The Morgan fingerprint density at radius 2 is 1.84 bits per heavy atom. The van der Waals surface area contributed by atoms with E-state index in [9.17, 15) is 27.6 Å². The van der Waals surface area contributed by atoms with E-state index in [2.05, 4.69) is 10.2 Å². The molecule has 3 aliphatic rings. The molecule has 2 aromatic carbocycles. The SMILES string of the molecule is COC(=O)[C@H](Cc1ccc(-c2c(N3CCC3)cc(C)n(C)c2=O)c2c1CCCO2)NC(=O)c1c(C)cc(N2CCOC[C@@H]2C(F)(F)F)cc1F. The highest BCUT2D eigenvalue weighted by atomic mass is 19.4. The first-order chi connectivity index (χ1) is 23.8. The molecule has 1 amide bonds. The summed E-state index contributed by atoms with van der Waals surface area (Å²) in [4.78, 5) is 43.5. The number of alkyl halides is 3. The number of morpholine rings is 1. The van der Waals surface area contributed by atoms with Crippen molar-refractivity contribution in [3.63, 3.8) is 0 Å². The van der Waals surface area contributed by atoms with Crippen molar-refractivity contribution in [1.82, 2.24) is 9.88 Å². The van der Waals surface area contributed by atoms with Crippen LogP contribution in [0.15, 0.2) is 35.1 Å². The average Bonchev–Trinajstić information content (AvgIpc) is 3.05. The van der Waals surface area contributed by atoms with E-state index in [4.69, 9.17) is 14.2 Å². The number of methoxy groups -OCH3 is 1. The summed E-state index contributed by atoms with van der Waals surface area (Å²) in [6, 6.07) is 4.64. The quantitative estimate of drug-likeness (QED) is 0.269. The number of halogens is 4. The number of ether oxygens (including phenoxy) is 3. The highest BCUT2D eigenvalue weighted by Crippen LogP contribution is 2.42. The van der Waals surface area contributed by atoms with Gasteiger partial charge in [-0.3, -0.25) is 9.59 Å². The van der Waals surface area contributed by atoms with Gasteiger partial charge in [-0.1, -0.05) is 12.1 Å². The number of nitrogens with zero attached hydrogens (tertiary/aromatic N) is 3. The number of carbonyl (C=O) groups is 2. The van der Waals surface area contributed by atoms with Crippen LogP contribution in [0.4, 0.5) is 28.9 Å². The van der Waals surface area contributed by atoms with Crippen LogP contribution in [0.2, 0.25) is 0 Å². The maximum atomic E-state index is 15.6. The van der Waals surface area contributed by atoms with E-state index in [1.54, 1.807) is 17.7 Å². The topological polar surface area (TPSA) is 102 Å². The summed E-state index contributed by atoms with van der Waals surface area (Å²) >= 11 is 0. The monoisotopic (exact) mass is 700 g/mol. The molecule has 268 valence electrons. The van der Waals surface area contributed by atoms with Crippen molar-refractivity contribution in [1.29, 1.82) is 0 Å². The van der Waals surface area contributed by atoms with Gasteiger partial charge in [-0.2, -0.15) is 13.2 Å². The lowest BCUT2D eigenvalue weighted by Gasteiger charge is -2.38. The first-order valence-corrected chi connectivity index (χ1v) is 16.6. The molecule has 0 aliphatic carbocycles. The smallest absolute Gasteiger partial charge is 0.411 e. The molecule has 10 nitrogen and oxygen atoms in total. The summed E-state index contributed by atoms with van der Waals surface area (Å²) in [5.74, 6) is -2.16. The second kappa shape index (κ2) is 14.0. The molecule has 1 aromatic heterocycles. The molecule has 2 saturated heterocycles. The zero-order valence-corrected chi connectivity index (χ0v) is 28.4. The third kappa shape index (κ3) is 6.64. The van der Waals surface area contributed by atoms with Crippen molar-refractivity contribution < 1.29 is 41.4 Å². The Morgan fingerprint density at radius 1 is 1.08 bits per heavy atom. The van der Waals surface area contributed by atoms with Crippen LogP contribution in [0, 0.1) is 19.7 Å². The first-order valence-electron chi connectivity index (χ1n) is 16.6. The number of aromatic nitrogens is 1. The molecule has 3 aromatic rings. The van der Waals surface area contributed by atoms with E-state index in [-0.39, 0.29) is 36.4 Å². The lowest BCUT2D eigenvalue weighted by atomic mass is 9.89. The van der Waals surface area contributed by atoms with Gasteiger partial charge < -0.3 is 33.9 Å². The third-order valence-corrected chi connectivity index (χ3v) is 9.84. The van der Waals surface area contributed by atoms with E-state index in [0.717, 1.165) is 47.4 Å². The van der Waals surface area contributed by atoms with E-state index in [1.807, 2.05) is 19.1 Å². The molecule has 0 radical (unpaired) electrons. The number of fused-ring (bicyclic) bond motifs is 1. The maximum absolute atomic E-state index is 15.6. The number of hydrogen-bond donors (Lipinski definition) is 1. The molecule has 2 fully saturated rings. The van der Waals surface area contributed by atoms with Gasteiger partial charge >= 0.3 is 12.1 Å².